The third-order valence-corrected chi connectivity index (χ3v) is 5.78. The van der Waals surface area contributed by atoms with Crippen LogP contribution in [0.3, 0.4) is 0 Å². The van der Waals surface area contributed by atoms with Gasteiger partial charge in [-0.15, -0.1) is 0 Å². The Kier molecular flexibility index (Phi) is 6.98. The zero-order valence-corrected chi connectivity index (χ0v) is 17.4. The van der Waals surface area contributed by atoms with Crippen LogP contribution in [-0.2, 0) is 17.9 Å². The van der Waals surface area contributed by atoms with Gasteiger partial charge in [0.1, 0.15) is 0 Å². The maximum Gasteiger partial charge on any atom is 0.224 e. The molecule has 1 unspecified atom stereocenters. The van der Waals surface area contributed by atoms with E-state index in [-0.39, 0.29) is 11.8 Å². The molecule has 1 heterocycles. The number of piperidine rings is 1. The molecule has 1 saturated heterocycles. The lowest BCUT2D eigenvalue weighted by Gasteiger charge is -2.32. The zero-order valence-electron chi connectivity index (χ0n) is 14.4. The van der Waals surface area contributed by atoms with Gasteiger partial charge in [0.25, 0.3) is 0 Å². The summed E-state index contributed by atoms with van der Waals surface area (Å²) >= 11 is 15.6. The third kappa shape index (κ3) is 5.46. The number of hydrogen-bond donors (Lipinski definition) is 1. The number of nitrogens with one attached hydrogen (secondary N) is 1. The molecule has 2 aromatic carbocycles. The average molecular weight is 456 g/mol. The van der Waals surface area contributed by atoms with E-state index in [9.17, 15) is 4.79 Å². The topological polar surface area (TPSA) is 32.3 Å². The van der Waals surface area contributed by atoms with Crippen molar-refractivity contribution in [3.8, 4) is 0 Å². The number of benzene rings is 2. The predicted molar refractivity (Wildman–Crippen MR) is 110 cm³/mol. The van der Waals surface area contributed by atoms with Gasteiger partial charge in [-0.05, 0) is 54.8 Å². The SMILES string of the molecule is O=C(NCc1ccc(Cl)cc1Cl)C1CCCN(Cc2ccc(Br)cc2)C1. The molecule has 3 nitrogen and oxygen atoms in total. The predicted octanol–water partition coefficient (Wildman–Crippen LogP) is 5.28. The van der Waals surface area contributed by atoms with Crippen molar-refractivity contribution in [2.75, 3.05) is 13.1 Å². The monoisotopic (exact) mass is 454 g/mol. The third-order valence-electron chi connectivity index (χ3n) is 4.66. The van der Waals surface area contributed by atoms with Gasteiger partial charge in [0.2, 0.25) is 5.91 Å². The van der Waals surface area contributed by atoms with Crippen LogP contribution in [0.1, 0.15) is 24.0 Å². The van der Waals surface area contributed by atoms with Gasteiger partial charge in [0.15, 0.2) is 0 Å². The Balaban J connectivity index is 1.53. The van der Waals surface area contributed by atoms with E-state index in [0.29, 0.717) is 16.6 Å². The second kappa shape index (κ2) is 9.23. The molecule has 0 bridgehead atoms. The van der Waals surface area contributed by atoms with Gasteiger partial charge in [-0.2, -0.15) is 0 Å². The summed E-state index contributed by atoms with van der Waals surface area (Å²) < 4.78 is 1.08. The van der Waals surface area contributed by atoms with Crippen LogP contribution in [0, 0.1) is 5.92 Å². The van der Waals surface area contributed by atoms with E-state index in [1.165, 1.54) is 5.56 Å². The number of likely N-dealkylation sites (tertiary alicyclic amines) is 1. The molecule has 6 heteroatoms. The highest BCUT2D eigenvalue weighted by Crippen LogP contribution is 2.22. The van der Waals surface area contributed by atoms with E-state index >= 15 is 0 Å². The van der Waals surface area contributed by atoms with E-state index in [1.54, 1.807) is 12.1 Å². The van der Waals surface area contributed by atoms with Crippen molar-refractivity contribution < 1.29 is 4.79 Å². The molecule has 2 aromatic rings. The maximum absolute atomic E-state index is 12.6. The molecule has 0 saturated carbocycles. The Hall–Kier alpha value is -1.07. The molecule has 0 aliphatic carbocycles. The van der Waals surface area contributed by atoms with Crippen LogP contribution in [0.15, 0.2) is 46.9 Å². The molecule has 0 spiro atoms. The summed E-state index contributed by atoms with van der Waals surface area (Å²) in [5.41, 5.74) is 2.15. The fraction of sp³-hybridized carbons (Fsp3) is 0.350. The van der Waals surface area contributed by atoms with Crippen LogP contribution in [-0.4, -0.2) is 23.9 Å². The number of halogens is 3. The highest BCUT2D eigenvalue weighted by Gasteiger charge is 2.25. The van der Waals surface area contributed by atoms with Crippen LogP contribution in [0.25, 0.3) is 0 Å². The van der Waals surface area contributed by atoms with E-state index in [0.717, 1.165) is 42.5 Å². The van der Waals surface area contributed by atoms with Gasteiger partial charge < -0.3 is 5.32 Å². The van der Waals surface area contributed by atoms with Crippen LogP contribution in [0.5, 0.6) is 0 Å². The summed E-state index contributed by atoms with van der Waals surface area (Å²) in [5.74, 6) is 0.113. The summed E-state index contributed by atoms with van der Waals surface area (Å²) in [5, 5.41) is 4.20. The highest BCUT2D eigenvalue weighted by molar-refractivity contribution is 9.10. The van der Waals surface area contributed by atoms with Gasteiger partial charge in [-0.3, -0.25) is 9.69 Å². The van der Waals surface area contributed by atoms with E-state index in [4.69, 9.17) is 23.2 Å². The number of hydrogen-bond acceptors (Lipinski definition) is 2. The lowest BCUT2D eigenvalue weighted by Crippen LogP contribution is -2.42. The van der Waals surface area contributed by atoms with Crippen LogP contribution in [0.2, 0.25) is 10.0 Å². The Labute approximate surface area is 172 Å². The van der Waals surface area contributed by atoms with Gasteiger partial charge in [0, 0.05) is 34.2 Å². The van der Waals surface area contributed by atoms with Crippen molar-refractivity contribution in [1.82, 2.24) is 10.2 Å². The quantitative estimate of drug-likeness (QED) is 0.664. The molecular weight excluding hydrogens is 435 g/mol. The standard InChI is InChI=1S/C20H21BrCl2N2O/c21-17-6-3-14(4-7-17)12-25-9-1-2-16(13-25)20(26)24-11-15-5-8-18(22)10-19(15)23/h3-8,10,16H,1-2,9,11-13H2,(H,24,26). The number of carbonyl (C=O) groups excluding carboxylic acids is 1. The molecular formula is C20H21BrCl2N2O. The molecule has 26 heavy (non-hydrogen) atoms. The molecule has 1 amide bonds. The highest BCUT2D eigenvalue weighted by atomic mass is 79.9. The smallest absolute Gasteiger partial charge is 0.224 e. The lowest BCUT2D eigenvalue weighted by molar-refractivity contribution is -0.126. The van der Waals surface area contributed by atoms with Crippen molar-refractivity contribution in [3.05, 3.63) is 68.1 Å². The largest absolute Gasteiger partial charge is 0.352 e. The second-order valence-corrected chi connectivity index (χ2v) is 8.41. The first kappa shape index (κ1) is 19.7. The molecule has 0 aromatic heterocycles. The Morgan fingerprint density at radius 3 is 2.69 bits per heavy atom. The number of carbonyl (C=O) groups is 1. The summed E-state index contributed by atoms with van der Waals surface area (Å²) in [4.78, 5) is 14.9. The second-order valence-electron chi connectivity index (χ2n) is 6.65. The summed E-state index contributed by atoms with van der Waals surface area (Å²) in [6, 6.07) is 13.7. The van der Waals surface area contributed by atoms with Crippen LogP contribution >= 0.6 is 39.1 Å². The minimum atomic E-state index is 0.0188. The first-order valence-corrected chi connectivity index (χ1v) is 10.2. The molecule has 1 atom stereocenters. The number of nitrogens with zero attached hydrogens (tertiary/aromatic N) is 1. The lowest BCUT2D eigenvalue weighted by atomic mass is 9.96. The Morgan fingerprint density at radius 2 is 1.96 bits per heavy atom. The van der Waals surface area contributed by atoms with Gasteiger partial charge >= 0.3 is 0 Å². The molecule has 1 N–H and O–H groups in total. The minimum absolute atomic E-state index is 0.0188. The van der Waals surface area contributed by atoms with Gasteiger partial charge in [-0.1, -0.05) is 57.3 Å². The fourth-order valence-corrected chi connectivity index (χ4v) is 3.99. The van der Waals surface area contributed by atoms with Crippen LogP contribution < -0.4 is 5.32 Å². The van der Waals surface area contributed by atoms with Crippen molar-refractivity contribution >= 4 is 45.0 Å². The molecule has 0 radical (unpaired) electrons. The van der Waals surface area contributed by atoms with Crippen molar-refractivity contribution in [2.45, 2.75) is 25.9 Å². The number of amides is 1. The first-order chi connectivity index (χ1) is 12.5. The Morgan fingerprint density at radius 1 is 1.19 bits per heavy atom. The van der Waals surface area contributed by atoms with Crippen LogP contribution in [0.4, 0.5) is 0 Å². The van der Waals surface area contributed by atoms with Crippen molar-refractivity contribution in [1.29, 1.82) is 0 Å². The molecule has 1 aliphatic rings. The molecule has 1 fully saturated rings. The average Bonchev–Trinajstić information content (AvgIpc) is 2.63. The summed E-state index contributed by atoms with van der Waals surface area (Å²) in [6.07, 6.45) is 1.97. The first-order valence-electron chi connectivity index (χ1n) is 8.69. The van der Waals surface area contributed by atoms with E-state index in [1.807, 2.05) is 6.07 Å². The zero-order chi connectivity index (χ0) is 18.5. The number of rotatable bonds is 5. The molecule has 3 rings (SSSR count). The Bertz CT molecular complexity index is 767. The van der Waals surface area contributed by atoms with Gasteiger partial charge in [0.05, 0.1) is 5.92 Å². The summed E-state index contributed by atoms with van der Waals surface area (Å²) in [7, 11) is 0. The molecule has 138 valence electrons. The maximum atomic E-state index is 12.6. The fourth-order valence-electron chi connectivity index (χ4n) is 3.25. The minimum Gasteiger partial charge on any atom is -0.352 e. The van der Waals surface area contributed by atoms with Gasteiger partial charge in [-0.25, -0.2) is 0 Å². The summed E-state index contributed by atoms with van der Waals surface area (Å²) in [6.45, 7) is 3.12. The van der Waals surface area contributed by atoms with E-state index < -0.39 is 0 Å². The van der Waals surface area contributed by atoms with Crippen molar-refractivity contribution in [3.63, 3.8) is 0 Å². The van der Waals surface area contributed by atoms with Crippen molar-refractivity contribution in [2.24, 2.45) is 5.92 Å². The normalized spacial score (nSPS) is 17.9. The molecule has 1 aliphatic heterocycles. The van der Waals surface area contributed by atoms with E-state index in [2.05, 4.69) is 50.4 Å².